The molecule has 2 aliphatic heterocycles. The van der Waals surface area contributed by atoms with E-state index in [4.69, 9.17) is 18.5 Å². The number of hydrogen-bond donors (Lipinski definition) is 2. The highest BCUT2D eigenvalue weighted by molar-refractivity contribution is 7.75. The molecule has 0 aliphatic carbocycles. The number of non-ortho nitro benzene ring substituents is 3. The van der Waals surface area contributed by atoms with Crippen molar-refractivity contribution in [3.63, 3.8) is 0 Å². The second kappa shape index (κ2) is 20.6. The van der Waals surface area contributed by atoms with Crippen LogP contribution >= 0.6 is 14.7 Å². The number of phenols is 2. The molecule has 0 spiro atoms. The second-order valence-electron chi connectivity index (χ2n) is 16.1. The van der Waals surface area contributed by atoms with Gasteiger partial charge in [-0.15, -0.1) is 0 Å². The number of rotatable bonds is 9. The van der Waals surface area contributed by atoms with Crippen LogP contribution in [0.4, 0.5) is 21.5 Å². The maximum atomic E-state index is 15.0. The lowest BCUT2D eigenvalue weighted by Crippen LogP contribution is -2.26. The number of fused-ring (bicyclic) bond motifs is 6. The summed E-state index contributed by atoms with van der Waals surface area (Å²) in [5, 5.41) is 53.3. The molecule has 0 saturated heterocycles. The fraction of sp³-hybridized carbons (Fsp3) is 0. The third kappa shape index (κ3) is 10.1. The van der Waals surface area contributed by atoms with Gasteiger partial charge in [-0.3, -0.25) is 39.5 Å². The zero-order valence-corrected chi connectivity index (χ0v) is 39.8. The molecule has 2 aliphatic rings. The Morgan fingerprint density at radius 2 is 0.824 bits per heavy atom. The predicted octanol–water partition coefficient (Wildman–Crippen LogP) is 12.5. The van der Waals surface area contributed by atoms with Crippen LogP contribution in [0.1, 0.15) is 0 Å². The van der Waals surface area contributed by atoms with Crippen LogP contribution in [0.5, 0.6) is 46.0 Å². The number of nitrogens with zero attached hydrogens (tertiary/aromatic N) is 3. The van der Waals surface area contributed by atoms with Gasteiger partial charge in [0, 0.05) is 47.5 Å². The number of nitro groups is 3. The van der Waals surface area contributed by atoms with Crippen molar-refractivity contribution in [1.82, 2.24) is 0 Å². The van der Waals surface area contributed by atoms with Gasteiger partial charge in [-0.05, 0) is 108 Å². The van der Waals surface area contributed by atoms with Crippen molar-refractivity contribution < 1.29 is 57.0 Å². The van der Waals surface area contributed by atoms with Gasteiger partial charge in [0.1, 0.15) is 51.8 Å². The molecular formula is C54H36FN3O14P2. The van der Waals surface area contributed by atoms with E-state index in [9.17, 15) is 54.1 Å². The van der Waals surface area contributed by atoms with Crippen LogP contribution in [0.2, 0.25) is 0 Å². The number of phenolic OH excluding ortho intramolecular Hbond substituents is 2. The number of nitro benzene ring substituents is 3. The first-order valence-corrected chi connectivity index (χ1v) is 25.3. The van der Waals surface area contributed by atoms with Crippen LogP contribution < -0.4 is 39.7 Å². The Kier molecular flexibility index (Phi) is 13.7. The molecule has 2 unspecified atom stereocenters. The fourth-order valence-corrected chi connectivity index (χ4v) is 12.7. The monoisotopic (exact) mass is 1030 g/mol. The van der Waals surface area contributed by atoms with Crippen LogP contribution in [-0.4, -0.2) is 25.0 Å². The predicted molar refractivity (Wildman–Crippen MR) is 274 cm³/mol. The van der Waals surface area contributed by atoms with E-state index in [1.165, 1.54) is 66.7 Å². The lowest BCUT2D eigenvalue weighted by atomic mass is 10.0. The summed E-state index contributed by atoms with van der Waals surface area (Å²) >= 11 is 0. The zero-order chi connectivity index (χ0) is 52.1. The Hall–Kier alpha value is -9.63. The van der Waals surface area contributed by atoms with Gasteiger partial charge in [0.2, 0.25) is 0 Å². The normalized spacial score (nSPS) is 15.4. The second-order valence-corrected chi connectivity index (χ2v) is 20.6. The van der Waals surface area contributed by atoms with E-state index in [-0.39, 0.29) is 50.7 Å². The molecule has 368 valence electrons. The Morgan fingerprint density at radius 1 is 0.419 bits per heavy atom. The third-order valence-corrected chi connectivity index (χ3v) is 16.3. The molecular weight excluding hydrogens is 996 g/mol. The van der Waals surface area contributed by atoms with E-state index < -0.39 is 35.3 Å². The summed E-state index contributed by atoms with van der Waals surface area (Å²) in [5.74, 6) is 1.35. The summed E-state index contributed by atoms with van der Waals surface area (Å²) in [4.78, 5) is 30.5. The molecule has 0 radical (unpaired) electrons. The summed E-state index contributed by atoms with van der Waals surface area (Å²) in [5.41, 5.74) is 2.93. The molecule has 9 aromatic carbocycles. The molecule has 17 nitrogen and oxygen atoms in total. The van der Waals surface area contributed by atoms with Crippen LogP contribution in [-0.2, 0) is 9.13 Å². The third-order valence-electron chi connectivity index (χ3n) is 11.4. The van der Waals surface area contributed by atoms with Gasteiger partial charge >= 0.3 is 14.7 Å². The SMILES string of the molecule is O=P1(c2cc(O)ccc2O)Oc2ccccc2-c2ccccc21.O=[N+]([O-])c1ccc(F)cc1.O=[N+]([O-])c1ccc(Oc2ccc(Oc3ccc([N+](=O)[O-])cc3)c(P3(=O)Oc4ccccc4-c4ccccc43)c2)cc1. The van der Waals surface area contributed by atoms with Crippen molar-refractivity contribution in [2.75, 3.05) is 0 Å². The van der Waals surface area contributed by atoms with Crippen LogP contribution in [0.3, 0.4) is 0 Å². The smallest absolute Gasteiger partial charge is 0.311 e. The minimum Gasteiger partial charge on any atom is -0.508 e. The summed E-state index contributed by atoms with van der Waals surface area (Å²) in [6.45, 7) is 0. The standard InChI is InChI=1S/C30H19N2O8P.C18H13O4P.C6H4FNO2/c33-31(34)20-9-13-22(14-10-20)38-24-17-18-28(39-23-15-11-21(12-16-23)32(35)36)30(19-24)41(37)29-8-4-2-6-26(29)25-5-1-3-7-27(25)40-41;19-12-9-10-15(20)18(11-12)23(21)17-8-4-2-6-14(17)13-5-1-3-7-16(13)22-23;7-5-1-3-6(4-2-5)8(9)10/h1-19H;1-11,19-20H;1-4H. The van der Waals surface area contributed by atoms with Gasteiger partial charge in [0.15, 0.2) is 0 Å². The molecule has 74 heavy (non-hydrogen) atoms. The van der Waals surface area contributed by atoms with E-state index >= 15 is 0 Å². The average Bonchev–Trinajstić information content (AvgIpc) is 3.41. The van der Waals surface area contributed by atoms with Crippen LogP contribution in [0.15, 0.2) is 206 Å². The molecule has 0 amide bonds. The van der Waals surface area contributed by atoms with Crippen molar-refractivity contribution in [3.8, 4) is 68.2 Å². The number of hydrogen-bond acceptors (Lipinski definition) is 14. The number of para-hydroxylation sites is 2. The highest BCUT2D eigenvalue weighted by Gasteiger charge is 2.41. The number of benzene rings is 9. The topological polar surface area (TPSA) is 241 Å². The zero-order valence-electron chi connectivity index (χ0n) is 38.0. The van der Waals surface area contributed by atoms with Crippen molar-refractivity contribution in [3.05, 3.63) is 242 Å². The molecule has 2 heterocycles. The fourth-order valence-electron chi connectivity index (χ4n) is 7.91. The minimum atomic E-state index is -3.84. The van der Waals surface area contributed by atoms with E-state index in [1.807, 2.05) is 48.5 Å². The average molecular weight is 1030 g/mol. The molecule has 11 rings (SSSR count). The van der Waals surface area contributed by atoms with E-state index in [0.717, 1.165) is 46.5 Å². The van der Waals surface area contributed by atoms with Crippen molar-refractivity contribution >= 4 is 53.0 Å². The molecule has 2 atom stereocenters. The van der Waals surface area contributed by atoms with E-state index in [2.05, 4.69) is 0 Å². The van der Waals surface area contributed by atoms with Gasteiger partial charge < -0.3 is 28.7 Å². The number of halogens is 1. The summed E-state index contributed by atoms with van der Waals surface area (Å²) in [7, 11) is -7.41. The summed E-state index contributed by atoms with van der Waals surface area (Å²) < 4.78 is 65.0. The number of ether oxygens (including phenoxy) is 2. The van der Waals surface area contributed by atoms with Gasteiger partial charge in [-0.2, -0.15) is 0 Å². The largest absolute Gasteiger partial charge is 0.508 e. The van der Waals surface area contributed by atoms with E-state index in [0.29, 0.717) is 33.6 Å². The van der Waals surface area contributed by atoms with Gasteiger partial charge in [-0.25, -0.2) is 4.39 Å². The molecule has 0 aromatic heterocycles. The van der Waals surface area contributed by atoms with Crippen LogP contribution in [0.25, 0.3) is 22.3 Å². The molecule has 9 aromatic rings. The summed E-state index contributed by atoms with van der Waals surface area (Å²) in [6.07, 6.45) is 0. The Morgan fingerprint density at radius 3 is 1.31 bits per heavy atom. The first-order valence-electron chi connectivity index (χ1n) is 22.0. The number of aromatic hydroxyl groups is 2. The van der Waals surface area contributed by atoms with Crippen molar-refractivity contribution in [2.45, 2.75) is 0 Å². The quantitative estimate of drug-likeness (QED) is 0.0591. The van der Waals surface area contributed by atoms with Gasteiger partial charge in [-0.1, -0.05) is 72.8 Å². The van der Waals surface area contributed by atoms with Crippen molar-refractivity contribution in [2.24, 2.45) is 0 Å². The highest BCUT2D eigenvalue weighted by Crippen LogP contribution is 2.57. The Bertz CT molecular complexity index is 3730. The molecule has 0 bridgehead atoms. The maximum absolute atomic E-state index is 15.0. The van der Waals surface area contributed by atoms with Crippen LogP contribution in [0, 0.1) is 36.2 Å². The van der Waals surface area contributed by atoms with E-state index in [1.54, 1.807) is 66.7 Å². The van der Waals surface area contributed by atoms with Crippen molar-refractivity contribution in [1.29, 1.82) is 0 Å². The lowest BCUT2D eigenvalue weighted by Gasteiger charge is -2.30. The highest BCUT2D eigenvalue weighted by atomic mass is 31.2. The molecule has 0 fully saturated rings. The molecule has 2 N–H and O–H groups in total. The summed E-state index contributed by atoms with van der Waals surface area (Å²) in [6, 6.07) is 53.2. The minimum absolute atomic E-state index is 0.0760. The van der Waals surface area contributed by atoms with Gasteiger partial charge in [0.25, 0.3) is 17.1 Å². The lowest BCUT2D eigenvalue weighted by molar-refractivity contribution is -0.385. The van der Waals surface area contributed by atoms with Gasteiger partial charge in [0.05, 0.1) is 36.0 Å². The molecule has 20 heteroatoms. The Labute approximate surface area is 419 Å². The Balaban J connectivity index is 0.000000169. The first kappa shape index (κ1) is 49.4. The maximum Gasteiger partial charge on any atom is 0.311 e. The molecule has 0 saturated carbocycles. The first-order chi connectivity index (χ1) is 35.6.